The number of ether oxygens (including phenoxy) is 2. The van der Waals surface area contributed by atoms with Gasteiger partial charge < -0.3 is 24.6 Å². The van der Waals surface area contributed by atoms with E-state index in [0.29, 0.717) is 18.6 Å². The highest BCUT2D eigenvalue weighted by Crippen LogP contribution is 2.20. The summed E-state index contributed by atoms with van der Waals surface area (Å²) >= 11 is 0. The van der Waals surface area contributed by atoms with Crippen molar-refractivity contribution >= 4 is 12.1 Å². The quantitative estimate of drug-likeness (QED) is 0.552. The summed E-state index contributed by atoms with van der Waals surface area (Å²) < 4.78 is 11.2. The maximum Gasteiger partial charge on any atom is 0.410 e. The molecule has 0 radical (unpaired) electrons. The Hall–Kier alpha value is -1.50. The Kier molecular flexibility index (Phi) is 8.86. The Bertz CT molecular complexity index is 504. The van der Waals surface area contributed by atoms with Gasteiger partial charge in [0.1, 0.15) is 5.60 Å². The van der Waals surface area contributed by atoms with Crippen LogP contribution in [0.5, 0.6) is 0 Å². The van der Waals surface area contributed by atoms with Crippen molar-refractivity contribution in [3.05, 3.63) is 0 Å². The lowest BCUT2D eigenvalue weighted by Gasteiger charge is -2.36. The number of piperidine rings is 1. The molecule has 28 heavy (non-hydrogen) atoms. The van der Waals surface area contributed by atoms with E-state index < -0.39 is 5.60 Å². The summed E-state index contributed by atoms with van der Waals surface area (Å²) in [4.78, 5) is 21.0. The molecule has 162 valence electrons. The fourth-order valence-corrected chi connectivity index (χ4v) is 3.85. The van der Waals surface area contributed by atoms with Crippen molar-refractivity contribution in [3.8, 4) is 0 Å². The Balaban J connectivity index is 1.73. The number of guanidine groups is 1. The maximum absolute atomic E-state index is 12.4. The second-order valence-electron chi connectivity index (χ2n) is 8.85. The van der Waals surface area contributed by atoms with Gasteiger partial charge in [0.2, 0.25) is 0 Å². The normalized spacial score (nSPS) is 21.7. The van der Waals surface area contributed by atoms with Crippen LogP contribution in [0.3, 0.4) is 0 Å². The summed E-state index contributed by atoms with van der Waals surface area (Å²) in [7, 11) is 1.85. The van der Waals surface area contributed by atoms with E-state index >= 15 is 0 Å². The van der Waals surface area contributed by atoms with Crippen LogP contribution in [0.25, 0.3) is 0 Å². The minimum atomic E-state index is -0.449. The molecule has 1 unspecified atom stereocenters. The number of aliphatic imine (C=N–C) groups is 1. The number of nitrogens with zero attached hydrogens (tertiary/aromatic N) is 3. The van der Waals surface area contributed by atoms with Gasteiger partial charge in [-0.3, -0.25) is 4.99 Å². The molecule has 0 aromatic carbocycles. The lowest BCUT2D eigenvalue weighted by Crippen LogP contribution is -2.48. The molecule has 2 saturated heterocycles. The van der Waals surface area contributed by atoms with Crippen molar-refractivity contribution in [2.24, 2.45) is 10.9 Å². The van der Waals surface area contributed by atoms with Gasteiger partial charge in [0, 0.05) is 46.4 Å². The summed E-state index contributed by atoms with van der Waals surface area (Å²) in [5, 5.41) is 3.49. The first-order valence-electron chi connectivity index (χ1n) is 10.9. The number of hydrogen-bond donors (Lipinski definition) is 1. The van der Waals surface area contributed by atoms with Crippen molar-refractivity contribution in [3.63, 3.8) is 0 Å². The molecule has 2 heterocycles. The largest absolute Gasteiger partial charge is 0.444 e. The summed E-state index contributed by atoms with van der Waals surface area (Å²) in [6.07, 6.45) is 5.73. The zero-order valence-corrected chi connectivity index (χ0v) is 18.5. The third-order valence-electron chi connectivity index (χ3n) is 5.41. The zero-order chi connectivity index (χ0) is 20.6. The first-order chi connectivity index (χ1) is 13.3. The first kappa shape index (κ1) is 22.8. The van der Waals surface area contributed by atoms with Crippen molar-refractivity contribution in [1.82, 2.24) is 15.1 Å². The van der Waals surface area contributed by atoms with E-state index in [0.717, 1.165) is 58.0 Å². The molecule has 1 amide bonds. The van der Waals surface area contributed by atoms with Crippen LogP contribution in [-0.2, 0) is 9.47 Å². The number of nitrogens with one attached hydrogen (secondary N) is 1. The molecule has 0 aromatic rings. The fraction of sp³-hybridized carbons (Fsp3) is 0.905. The van der Waals surface area contributed by atoms with Crippen LogP contribution < -0.4 is 5.32 Å². The van der Waals surface area contributed by atoms with Crippen LogP contribution in [0.15, 0.2) is 4.99 Å². The molecule has 2 rings (SSSR count). The van der Waals surface area contributed by atoms with Crippen LogP contribution in [0.2, 0.25) is 0 Å². The standard InChI is InChI=1S/C21H40N4O3/c1-6-24(20(26)28-21(2,3)4)16-17-10-13-25(14-11-17)19(22-5)23-12-9-18-8-7-15-27-18/h17-18H,6-16H2,1-5H3,(H,22,23). The highest BCUT2D eigenvalue weighted by atomic mass is 16.6. The molecule has 2 aliphatic rings. The monoisotopic (exact) mass is 396 g/mol. The van der Waals surface area contributed by atoms with Gasteiger partial charge in [-0.15, -0.1) is 0 Å². The number of likely N-dealkylation sites (tertiary alicyclic amines) is 1. The van der Waals surface area contributed by atoms with Crippen LogP contribution >= 0.6 is 0 Å². The Morgan fingerprint density at radius 1 is 1.29 bits per heavy atom. The average molecular weight is 397 g/mol. The van der Waals surface area contributed by atoms with E-state index in [2.05, 4.69) is 15.2 Å². The number of amides is 1. The number of carbonyl (C=O) groups excluding carboxylic acids is 1. The maximum atomic E-state index is 12.4. The van der Waals surface area contributed by atoms with Gasteiger partial charge in [0.15, 0.2) is 5.96 Å². The summed E-state index contributed by atoms with van der Waals surface area (Å²) in [6, 6.07) is 0. The van der Waals surface area contributed by atoms with Crippen molar-refractivity contribution in [1.29, 1.82) is 0 Å². The molecule has 1 atom stereocenters. The van der Waals surface area contributed by atoms with Crippen LogP contribution in [0.1, 0.15) is 59.8 Å². The van der Waals surface area contributed by atoms with E-state index in [-0.39, 0.29) is 6.09 Å². The van der Waals surface area contributed by atoms with E-state index in [1.165, 1.54) is 12.8 Å². The molecule has 2 aliphatic heterocycles. The van der Waals surface area contributed by atoms with Gasteiger partial charge >= 0.3 is 6.09 Å². The zero-order valence-electron chi connectivity index (χ0n) is 18.5. The second kappa shape index (κ2) is 10.9. The minimum Gasteiger partial charge on any atom is -0.444 e. The lowest BCUT2D eigenvalue weighted by atomic mass is 9.96. The molecular formula is C21H40N4O3. The molecule has 0 bridgehead atoms. The molecular weight excluding hydrogens is 356 g/mol. The van der Waals surface area contributed by atoms with Crippen LogP contribution in [0, 0.1) is 5.92 Å². The highest BCUT2D eigenvalue weighted by Gasteiger charge is 2.27. The topological polar surface area (TPSA) is 66.4 Å². The SMILES string of the molecule is CCN(CC1CCN(C(=NC)NCCC2CCCO2)CC1)C(=O)OC(C)(C)C. The molecule has 0 saturated carbocycles. The predicted octanol–water partition coefficient (Wildman–Crippen LogP) is 3.10. The first-order valence-corrected chi connectivity index (χ1v) is 10.9. The van der Waals surface area contributed by atoms with Gasteiger partial charge in [-0.2, -0.15) is 0 Å². The van der Waals surface area contributed by atoms with E-state index in [4.69, 9.17) is 9.47 Å². The van der Waals surface area contributed by atoms with Crippen molar-refractivity contribution in [2.75, 3.05) is 46.4 Å². The van der Waals surface area contributed by atoms with Crippen LogP contribution in [-0.4, -0.2) is 79.9 Å². The van der Waals surface area contributed by atoms with Gasteiger partial charge in [0.25, 0.3) is 0 Å². The molecule has 0 aliphatic carbocycles. The lowest BCUT2D eigenvalue weighted by molar-refractivity contribution is 0.0214. The molecule has 1 N–H and O–H groups in total. The molecule has 2 fully saturated rings. The molecule has 7 nitrogen and oxygen atoms in total. The molecule has 7 heteroatoms. The van der Waals surface area contributed by atoms with E-state index in [1.807, 2.05) is 39.6 Å². The van der Waals surface area contributed by atoms with Crippen molar-refractivity contribution < 1.29 is 14.3 Å². The number of hydrogen-bond acceptors (Lipinski definition) is 4. The Morgan fingerprint density at radius 3 is 2.54 bits per heavy atom. The summed E-state index contributed by atoms with van der Waals surface area (Å²) in [5.41, 5.74) is -0.449. The number of rotatable bonds is 6. The second-order valence-corrected chi connectivity index (χ2v) is 8.85. The number of carbonyl (C=O) groups is 1. The van der Waals surface area contributed by atoms with Crippen LogP contribution in [0.4, 0.5) is 4.79 Å². The summed E-state index contributed by atoms with van der Waals surface area (Å²) in [6.45, 7) is 12.9. The van der Waals surface area contributed by atoms with Gasteiger partial charge in [0.05, 0.1) is 6.10 Å². The minimum absolute atomic E-state index is 0.205. The smallest absolute Gasteiger partial charge is 0.410 e. The predicted molar refractivity (Wildman–Crippen MR) is 113 cm³/mol. The molecule has 0 spiro atoms. The molecule has 0 aromatic heterocycles. The third kappa shape index (κ3) is 7.49. The Morgan fingerprint density at radius 2 is 2.00 bits per heavy atom. The van der Waals surface area contributed by atoms with Gasteiger partial charge in [-0.1, -0.05) is 0 Å². The van der Waals surface area contributed by atoms with E-state index in [9.17, 15) is 4.79 Å². The van der Waals surface area contributed by atoms with Gasteiger partial charge in [-0.25, -0.2) is 4.79 Å². The van der Waals surface area contributed by atoms with E-state index in [1.54, 1.807) is 0 Å². The highest BCUT2D eigenvalue weighted by molar-refractivity contribution is 5.79. The third-order valence-corrected chi connectivity index (χ3v) is 5.41. The van der Waals surface area contributed by atoms with Gasteiger partial charge in [-0.05, 0) is 65.7 Å². The van der Waals surface area contributed by atoms with Crippen molar-refractivity contribution in [2.45, 2.75) is 71.5 Å². The average Bonchev–Trinajstić information content (AvgIpc) is 3.16. The summed E-state index contributed by atoms with van der Waals surface area (Å²) in [5.74, 6) is 1.49. The Labute approximate surface area is 170 Å². The fourth-order valence-electron chi connectivity index (χ4n) is 3.85.